The van der Waals surface area contributed by atoms with Gasteiger partial charge in [0.15, 0.2) is 0 Å². The Morgan fingerprint density at radius 3 is 2.19 bits per heavy atom. The van der Waals surface area contributed by atoms with Crippen LogP contribution in [-0.2, 0) is 26.0 Å². The molecule has 0 saturated carbocycles. The van der Waals surface area contributed by atoms with E-state index < -0.39 is 28.5 Å². The topological polar surface area (TPSA) is 105 Å². The molecular weight excluding hydrogens is 554 g/mol. The van der Waals surface area contributed by atoms with Gasteiger partial charge >= 0.3 is 0 Å². The van der Waals surface area contributed by atoms with E-state index in [4.69, 9.17) is 9.47 Å². The largest absolute Gasteiger partial charge is 0.497 e. The second kappa shape index (κ2) is 14.7. The van der Waals surface area contributed by atoms with Gasteiger partial charge in [0.2, 0.25) is 11.8 Å². The fourth-order valence-corrected chi connectivity index (χ4v) is 5.79. The van der Waals surface area contributed by atoms with Gasteiger partial charge in [-0.2, -0.15) is 0 Å². The number of amides is 2. The fourth-order valence-electron chi connectivity index (χ4n) is 4.38. The highest BCUT2D eigenvalue weighted by atomic mass is 32.2. The molecule has 2 atom stereocenters. The number of carbonyl (C=O) groups is 2. The summed E-state index contributed by atoms with van der Waals surface area (Å²) in [4.78, 5) is 28.7. The lowest BCUT2D eigenvalue weighted by Gasteiger charge is -2.33. The van der Waals surface area contributed by atoms with Gasteiger partial charge < -0.3 is 19.7 Å². The first kappa shape index (κ1) is 32.5. The molecule has 3 aromatic carbocycles. The van der Waals surface area contributed by atoms with Gasteiger partial charge in [0.05, 0.1) is 24.8 Å². The van der Waals surface area contributed by atoms with E-state index >= 15 is 0 Å². The van der Waals surface area contributed by atoms with Crippen molar-refractivity contribution in [2.75, 3.05) is 31.6 Å². The molecule has 2 amide bonds. The van der Waals surface area contributed by atoms with E-state index in [1.54, 1.807) is 31.2 Å². The van der Waals surface area contributed by atoms with Crippen LogP contribution in [0.4, 0.5) is 5.69 Å². The predicted molar refractivity (Wildman–Crippen MR) is 164 cm³/mol. The van der Waals surface area contributed by atoms with E-state index in [1.807, 2.05) is 51.1 Å². The van der Waals surface area contributed by atoms with Crippen molar-refractivity contribution in [3.8, 4) is 11.5 Å². The number of nitrogens with one attached hydrogen (secondary N) is 1. The summed E-state index contributed by atoms with van der Waals surface area (Å²) in [7, 11) is -1.34. The van der Waals surface area contributed by atoms with Crippen LogP contribution in [0.1, 0.15) is 38.3 Å². The van der Waals surface area contributed by atoms with Crippen molar-refractivity contribution in [3.05, 3.63) is 83.9 Å². The molecule has 9 nitrogen and oxygen atoms in total. The zero-order valence-corrected chi connectivity index (χ0v) is 26.0. The van der Waals surface area contributed by atoms with Crippen LogP contribution in [0.5, 0.6) is 11.5 Å². The van der Waals surface area contributed by atoms with Crippen molar-refractivity contribution < 1.29 is 27.5 Å². The number of hydrogen-bond acceptors (Lipinski definition) is 6. The lowest BCUT2D eigenvalue weighted by atomic mass is 10.1. The average molecular weight is 596 g/mol. The van der Waals surface area contributed by atoms with Crippen LogP contribution in [0.2, 0.25) is 0 Å². The van der Waals surface area contributed by atoms with Crippen LogP contribution >= 0.6 is 0 Å². The summed E-state index contributed by atoms with van der Waals surface area (Å²) < 4.78 is 40.1. The molecule has 3 aromatic rings. The quantitative estimate of drug-likeness (QED) is 0.293. The standard InChI is InChI=1S/C32H41N3O6S/c1-7-24(3)33-32(37)25(4)34(20-19-26-11-9-8-10-12-26)31(36)22-35(29-21-27(40-5)15-18-30(29)41-6)42(38,39)28-16-13-23(2)14-17-28/h8-18,21,24-25H,7,19-20,22H2,1-6H3,(H,33,37). The third kappa shape index (κ3) is 8.03. The van der Waals surface area contributed by atoms with Gasteiger partial charge in [-0.3, -0.25) is 13.9 Å². The minimum atomic E-state index is -4.24. The second-order valence-electron chi connectivity index (χ2n) is 10.2. The first-order valence-corrected chi connectivity index (χ1v) is 15.4. The molecule has 0 aliphatic rings. The Morgan fingerprint density at radius 2 is 1.60 bits per heavy atom. The molecule has 1 N–H and O–H groups in total. The van der Waals surface area contributed by atoms with Gasteiger partial charge in [0.25, 0.3) is 10.0 Å². The molecule has 0 spiro atoms. The number of benzene rings is 3. The predicted octanol–water partition coefficient (Wildman–Crippen LogP) is 4.58. The Kier molecular flexibility index (Phi) is 11.4. The summed E-state index contributed by atoms with van der Waals surface area (Å²) in [5.74, 6) is -0.196. The molecular formula is C32H41N3O6S. The second-order valence-corrected chi connectivity index (χ2v) is 12.0. The molecule has 0 bridgehead atoms. The van der Waals surface area contributed by atoms with E-state index in [2.05, 4.69) is 5.32 Å². The number of sulfonamides is 1. The maximum atomic E-state index is 14.1. The molecule has 0 aliphatic carbocycles. The third-order valence-electron chi connectivity index (χ3n) is 7.20. The van der Waals surface area contributed by atoms with Gasteiger partial charge in [0, 0.05) is 18.7 Å². The Bertz CT molecular complexity index is 1440. The summed E-state index contributed by atoms with van der Waals surface area (Å²) >= 11 is 0. The molecule has 3 rings (SSSR count). The monoisotopic (exact) mass is 595 g/mol. The third-order valence-corrected chi connectivity index (χ3v) is 8.97. The van der Waals surface area contributed by atoms with E-state index in [9.17, 15) is 18.0 Å². The van der Waals surface area contributed by atoms with E-state index in [-0.39, 0.29) is 34.8 Å². The van der Waals surface area contributed by atoms with Crippen molar-refractivity contribution in [2.24, 2.45) is 0 Å². The summed E-state index contributed by atoms with van der Waals surface area (Å²) in [6.45, 7) is 7.03. The molecule has 0 aliphatic heterocycles. The maximum absolute atomic E-state index is 14.1. The lowest BCUT2D eigenvalue weighted by Crippen LogP contribution is -2.53. The Labute approximate surface area is 249 Å². The smallest absolute Gasteiger partial charge is 0.264 e. The SMILES string of the molecule is CCC(C)NC(=O)C(C)N(CCc1ccccc1)C(=O)CN(c1cc(OC)ccc1OC)S(=O)(=O)c1ccc(C)cc1. The number of anilines is 1. The van der Waals surface area contributed by atoms with Crippen LogP contribution in [0, 0.1) is 6.92 Å². The lowest BCUT2D eigenvalue weighted by molar-refractivity contribution is -0.139. The molecule has 0 saturated heterocycles. The molecule has 226 valence electrons. The summed E-state index contributed by atoms with van der Waals surface area (Å²) in [5, 5.41) is 2.94. The van der Waals surface area contributed by atoms with E-state index in [1.165, 1.54) is 37.3 Å². The molecule has 0 heterocycles. The highest BCUT2D eigenvalue weighted by Gasteiger charge is 2.34. The first-order chi connectivity index (χ1) is 20.0. The Balaban J connectivity index is 2.07. The first-order valence-electron chi connectivity index (χ1n) is 14.0. The van der Waals surface area contributed by atoms with Crippen LogP contribution in [0.25, 0.3) is 0 Å². The van der Waals surface area contributed by atoms with Crippen LogP contribution < -0.4 is 19.1 Å². The zero-order valence-electron chi connectivity index (χ0n) is 25.2. The highest BCUT2D eigenvalue weighted by molar-refractivity contribution is 7.92. The fraction of sp³-hybridized carbons (Fsp3) is 0.375. The van der Waals surface area contributed by atoms with Crippen molar-refractivity contribution in [2.45, 2.75) is 57.5 Å². The molecule has 2 unspecified atom stereocenters. The van der Waals surface area contributed by atoms with Crippen molar-refractivity contribution in [1.29, 1.82) is 0 Å². The Morgan fingerprint density at radius 1 is 0.929 bits per heavy atom. The molecule has 42 heavy (non-hydrogen) atoms. The van der Waals surface area contributed by atoms with Crippen LogP contribution in [0.15, 0.2) is 77.7 Å². The van der Waals surface area contributed by atoms with Crippen LogP contribution in [0.3, 0.4) is 0 Å². The number of hydrogen-bond donors (Lipinski definition) is 1. The average Bonchev–Trinajstić information content (AvgIpc) is 3.00. The number of rotatable bonds is 14. The van der Waals surface area contributed by atoms with E-state index in [0.717, 1.165) is 21.9 Å². The van der Waals surface area contributed by atoms with Gasteiger partial charge in [-0.15, -0.1) is 0 Å². The molecule has 10 heteroatoms. The molecule has 0 aromatic heterocycles. The number of carbonyl (C=O) groups excluding carboxylic acids is 2. The van der Waals surface area contributed by atoms with Gasteiger partial charge in [-0.25, -0.2) is 8.42 Å². The van der Waals surface area contributed by atoms with Gasteiger partial charge in [0.1, 0.15) is 24.1 Å². The summed E-state index contributed by atoms with van der Waals surface area (Å²) in [6, 6.07) is 19.9. The van der Waals surface area contributed by atoms with Crippen molar-refractivity contribution in [3.63, 3.8) is 0 Å². The van der Waals surface area contributed by atoms with Gasteiger partial charge in [-0.1, -0.05) is 55.0 Å². The Hall–Kier alpha value is -4.05. The number of methoxy groups -OCH3 is 2. The number of nitrogens with zero attached hydrogens (tertiary/aromatic N) is 2. The number of ether oxygens (including phenoxy) is 2. The van der Waals surface area contributed by atoms with Crippen LogP contribution in [-0.4, -0.2) is 64.5 Å². The summed E-state index contributed by atoms with van der Waals surface area (Å²) in [5.41, 5.74) is 2.03. The number of aryl methyl sites for hydroxylation is 1. The van der Waals surface area contributed by atoms with E-state index in [0.29, 0.717) is 12.2 Å². The zero-order chi connectivity index (χ0) is 30.9. The van der Waals surface area contributed by atoms with Gasteiger partial charge in [-0.05, 0) is 63.4 Å². The minimum Gasteiger partial charge on any atom is -0.497 e. The maximum Gasteiger partial charge on any atom is 0.264 e. The molecule has 0 radical (unpaired) electrons. The molecule has 0 fully saturated rings. The normalized spacial score (nSPS) is 12.6. The van der Waals surface area contributed by atoms with Crippen molar-refractivity contribution >= 4 is 27.5 Å². The minimum absolute atomic E-state index is 0.0178. The summed E-state index contributed by atoms with van der Waals surface area (Å²) in [6.07, 6.45) is 1.22. The highest BCUT2D eigenvalue weighted by Crippen LogP contribution is 2.36. The van der Waals surface area contributed by atoms with Crippen molar-refractivity contribution in [1.82, 2.24) is 10.2 Å².